The van der Waals surface area contributed by atoms with E-state index in [2.05, 4.69) is 84.4 Å². The first kappa shape index (κ1) is 50.9. The average molecular weight is 1020 g/mol. The molecule has 20 nitrogen and oxygen atoms in total. The van der Waals surface area contributed by atoms with Gasteiger partial charge in [0.05, 0.1) is 32.5 Å². The minimum absolute atomic E-state index is 0.144. The fourth-order valence-electron chi connectivity index (χ4n) is 5.30. The van der Waals surface area contributed by atoms with Crippen molar-refractivity contribution in [2.75, 3.05) is 59.0 Å². The predicted octanol–water partition coefficient (Wildman–Crippen LogP) is 4.15. The highest BCUT2D eigenvalue weighted by Gasteiger charge is 2.21. The molecule has 0 aliphatic rings. The molecule has 0 aliphatic carbocycles. The molecular weight excluding hydrogens is 972 g/mol. The maximum atomic E-state index is 13.8. The van der Waals surface area contributed by atoms with Crippen LogP contribution in [0.2, 0.25) is 0 Å². The summed E-state index contributed by atoms with van der Waals surface area (Å²) < 4.78 is 1.08. The molecule has 0 saturated heterocycles. The van der Waals surface area contributed by atoms with E-state index in [0.717, 1.165) is 6.33 Å². The second-order valence-electron chi connectivity index (χ2n) is 13.2. The third-order valence-corrected chi connectivity index (χ3v) is 11.2. The van der Waals surface area contributed by atoms with Crippen molar-refractivity contribution < 1.29 is 28.8 Å². The number of benzene rings is 2. The molecule has 14 N–H and O–H groups in total. The number of hydrogen-bond donors (Lipinski definition) is 12. The largest absolute Gasteiger partial charge is 0.370 e. The molecule has 0 fully saturated rings. The maximum Gasteiger partial charge on any atom is 0.274 e. The van der Waals surface area contributed by atoms with Crippen molar-refractivity contribution in [3.05, 3.63) is 57.0 Å². The van der Waals surface area contributed by atoms with Crippen molar-refractivity contribution in [2.45, 2.75) is 62.2 Å². The summed E-state index contributed by atoms with van der Waals surface area (Å²) >= 11 is 9.51. The summed E-state index contributed by atoms with van der Waals surface area (Å²) in [6.07, 6.45) is 3.72. The van der Waals surface area contributed by atoms with Crippen LogP contribution in [-0.2, 0) is 19.2 Å². The van der Waals surface area contributed by atoms with Gasteiger partial charge in [-0.15, -0.1) is 23.5 Å². The van der Waals surface area contributed by atoms with Gasteiger partial charge in [-0.25, -0.2) is 9.97 Å². The van der Waals surface area contributed by atoms with Gasteiger partial charge in [0.25, 0.3) is 11.8 Å². The lowest BCUT2D eigenvalue weighted by atomic mass is 10.2. The van der Waals surface area contributed by atoms with Crippen LogP contribution in [0.3, 0.4) is 0 Å². The third-order valence-electron chi connectivity index (χ3n) is 8.02. The zero-order chi connectivity index (χ0) is 45.6. The van der Waals surface area contributed by atoms with Crippen molar-refractivity contribution in [1.82, 2.24) is 31.2 Å². The van der Waals surface area contributed by atoms with Gasteiger partial charge in [-0.1, -0.05) is 31.9 Å². The van der Waals surface area contributed by atoms with Gasteiger partial charge in [-0.2, -0.15) is 0 Å². The van der Waals surface area contributed by atoms with Gasteiger partial charge in [-0.05, 0) is 49.9 Å². The molecule has 3 rings (SSSR count). The molecule has 0 unspecified atom stereocenters. The molecule has 0 radical (unpaired) electrons. The predicted molar refractivity (Wildman–Crippen MR) is 250 cm³/mol. The van der Waals surface area contributed by atoms with Crippen LogP contribution in [0.4, 0.5) is 22.7 Å². The normalized spacial score (nSPS) is 10.5. The van der Waals surface area contributed by atoms with Crippen LogP contribution in [0.15, 0.2) is 55.4 Å². The van der Waals surface area contributed by atoms with E-state index in [1.165, 1.54) is 43.4 Å². The molecular formula is C38H50Br2N14O6S2. The summed E-state index contributed by atoms with van der Waals surface area (Å²) in [7, 11) is 0. The van der Waals surface area contributed by atoms with Crippen LogP contribution in [0, 0.1) is 10.8 Å². The van der Waals surface area contributed by atoms with Gasteiger partial charge in [0.15, 0.2) is 11.9 Å². The van der Waals surface area contributed by atoms with E-state index in [1.807, 2.05) is 0 Å². The third kappa shape index (κ3) is 19.1. The lowest BCUT2D eigenvalue weighted by molar-refractivity contribution is -0.119. The number of hydrogen-bond acceptors (Lipinski definition) is 12. The van der Waals surface area contributed by atoms with Crippen molar-refractivity contribution in [3.63, 3.8) is 0 Å². The van der Waals surface area contributed by atoms with E-state index < -0.39 is 11.8 Å². The summed E-state index contributed by atoms with van der Waals surface area (Å²) in [4.78, 5) is 85.8. The highest BCUT2D eigenvalue weighted by atomic mass is 79.9. The van der Waals surface area contributed by atoms with Gasteiger partial charge < -0.3 is 54.0 Å². The fourth-order valence-corrected chi connectivity index (χ4v) is 8.09. The van der Waals surface area contributed by atoms with Gasteiger partial charge in [0.1, 0.15) is 17.7 Å². The van der Waals surface area contributed by atoms with E-state index >= 15 is 0 Å². The number of aromatic nitrogens is 2. The Morgan fingerprint density at radius 2 is 0.935 bits per heavy atom. The number of nitrogens with two attached hydrogens (primary N) is 2. The molecule has 0 bridgehead atoms. The first-order valence-corrected chi connectivity index (χ1v) is 22.7. The smallest absolute Gasteiger partial charge is 0.274 e. The van der Waals surface area contributed by atoms with Gasteiger partial charge in [-0.3, -0.25) is 39.6 Å². The molecule has 62 heavy (non-hydrogen) atoms. The first-order valence-electron chi connectivity index (χ1n) is 19.1. The zero-order valence-electron chi connectivity index (χ0n) is 34.0. The number of anilines is 4. The van der Waals surface area contributed by atoms with Crippen LogP contribution in [-0.4, -0.2) is 95.0 Å². The second kappa shape index (κ2) is 26.8. The van der Waals surface area contributed by atoms with Crippen LogP contribution in [0.1, 0.15) is 73.3 Å². The Hall–Kier alpha value is -5.46. The quantitative estimate of drug-likeness (QED) is 0.0260. The number of amides is 6. The monoisotopic (exact) mass is 1020 g/mol. The van der Waals surface area contributed by atoms with Crippen LogP contribution >= 0.6 is 55.4 Å². The molecule has 1 aromatic heterocycles. The molecule has 0 saturated carbocycles. The van der Waals surface area contributed by atoms with Gasteiger partial charge in [0, 0.05) is 79.4 Å². The number of thioether (sulfide) groups is 2. The zero-order valence-corrected chi connectivity index (χ0v) is 38.8. The topological polar surface area (TPSA) is 324 Å². The number of carbonyl (C=O) groups excluding carboxylic acids is 6. The van der Waals surface area contributed by atoms with E-state index in [4.69, 9.17) is 22.3 Å². The minimum atomic E-state index is -0.683. The molecule has 24 heteroatoms. The van der Waals surface area contributed by atoms with E-state index in [9.17, 15) is 28.8 Å². The van der Waals surface area contributed by atoms with Crippen LogP contribution < -0.4 is 54.0 Å². The molecule has 3 aromatic rings. The first-order chi connectivity index (χ1) is 29.5. The van der Waals surface area contributed by atoms with Gasteiger partial charge >= 0.3 is 0 Å². The SMILES string of the molecule is CC(=O)NCCSc1c(NC(=O)CCCCNC(=N)N)cc(Br)cc1NC(=O)c1cc(C(=O)Nc2cc(Br)cc(NC(=O)CCCCNC(=N)N)c2SCCNC(C)=O)ncn1. The summed E-state index contributed by atoms with van der Waals surface area (Å²) in [6.45, 7) is 4.32. The number of halogens is 2. The average Bonchev–Trinajstić information content (AvgIpc) is 3.18. The van der Waals surface area contributed by atoms with Crippen molar-refractivity contribution in [2.24, 2.45) is 11.5 Å². The number of nitrogens with zero attached hydrogens (tertiary/aromatic N) is 2. The summed E-state index contributed by atoms with van der Waals surface area (Å²) in [6, 6.07) is 7.91. The highest BCUT2D eigenvalue weighted by Crippen LogP contribution is 2.39. The van der Waals surface area contributed by atoms with E-state index in [1.54, 1.807) is 24.3 Å². The summed E-state index contributed by atoms with van der Waals surface area (Å²) in [5, 5.41) is 36.9. The number of unbranched alkanes of at least 4 members (excludes halogenated alkanes) is 2. The number of nitrogens with one attached hydrogen (secondary N) is 10. The van der Waals surface area contributed by atoms with Crippen LogP contribution in [0.25, 0.3) is 0 Å². The summed E-state index contributed by atoms with van der Waals surface area (Å²) in [5.41, 5.74) is 11.8. The van der Waals surface area contributed by atoms with E-state index in [-0.39, 0.29) is 59.8 Å². The number of carbonyl (C=O) groups is 6. The second-order valence-corrected chi connectivity index (χ2v) is 17.3. The van der Waals surface area contributed by atoms with Crippen LogP contribution in [0.5, 0.6) is 0 Å². The molecule has 0 spiro atoms. The Kier molecular flexibility index (Phi) is 22.0. The Morgan fingerprint density at radius 1 is 0.565 bits per heavy atom. The van der Waals surface area contributed by atoms with Crippen molar-refractivity contribution >= 4 is 125 Å². The summed E-state index contributed by atoms with van der Waals surface area (Å²) in [5.74, 6) is -1.84. The molecule has 334 valence electrons. The molecule has 0 atom stereocenters. The molecule has 2 aromatic carbocycles. The maximum absolute atomic E-state index is 13.8. The van der Waals surface area contributed by atoms with Gasteiger partial charge in [0.2, 0.25) is 23.6 Å². The Bertz CT molecular complexity index is 1990. The standard InChI is InChI=1S/C38H50Br2N14O6S2/c1-21(55)45-11-13-61-33-25(51-31(57)7-3-5-9-47-37(41)42)15-23(39)17-27(33)53-35(59)29-19-30(50-20-49-29)36(60)54-28-18-24(40)16-26(34(28)62-14-12-46-22(2)56)52-32(58)8-4-6-10-48-38(43)44/h15-20H,3-14H2,1-2H3,(H,45,55)(H,46,56)(H,51,57)(H,52,58)(H,53,59)(H,54,60)(H4,41,42,47)(H4,43,44,48). The lowest BCUT2D eigenvalue weighted by Crippen LogP contribution is -2.31. The van der Waals surface area contributed by atoms with E-state index in [0.29, 0.717) is 105 Å². The highest BCUT2D eigenvalue weighted by molar-refractivity contribution is 9.10. The number of guanidine groups is 2. The molecule has 6 amide bonds. The minimum Gasteiger partial charge on any atom is -0.370 e. The molecule has 1 heterocycles. The molecule has 0 aliphatic heterocycles. The Labute approximate surface area is 383 Å². The number of rotatable bonds is 24. The lowest BCUT2D eigenvalue weighted by Gasteiger charge is -2.18. The van der Waals surface area contributed by atoms with Crippen molar-refractivity contribution in [1.29, 1.82) is 10.8 Å². The van der Waals surface area contributed by atoms with Crippen molar-refractivity contribution in [3.8, 4) is 0 Å². The Balaban J connectivity index is 1.85. The fraction of sp³-hybridized carbons (Fsp3) is 0.368. The Morgan fingerprint density at radius 3 is 1.29 bits per heavy atom.